The molecule has 1 N–H and O–H groups in total. The largest absolute Gasteiger partial charge is 0.356 e. The first-order valence-electron chi connectivity index (χ1n) is 9.09. The number of aromatic nitrogens is 6. The quantitative estimate of drug-likeness (QED) is 0.617. The molecule has 0 bridgehead atoms. The Kier molecular flexibility index (Phi) is 3.58. The number of nitrogens with one attached hydrogen (secondary N) is 1. The smallest absolute Gasteiger partial charge is 0.163 e. The van der Waals surface area contributed by atoms with E-state index in [9.17, 15) is 0 Å². The summed E-state index contributed by atoms with van der Waals surface area (Å²) >= 11 is 0. The first kappa shape index (κ1) is 15.3. The summed E-state index contributed by atoms with van der Waals surface area (Å²) in [6.45, 7) is 2.01. The molecule has 0 saturated carbocycles. The zero-order valence-electron chi connectivity index (χ0n) is 14.8. The molecule has 0 aliphatic carbocycles. The molecule has 1 saturated heterocycles. The number of aryl methyl sites for hydroxylation is 1. The number of imidazole rings is 1. The van der Waals surface area contributed by atoms with Crippen LogP contribution in [0.2, 0.25) is 0 Å². The van der Waals surface area contributed by atoms with Crippen LogP contribution in [-0.4, -0.2) is 42.8 Å². The predicted octanol–water partition coefficient (Wildman–Crippen LogP) is 2.70. The third-order valence-electron chi connectivity index (χ3n) is 5.34. The van der Waals surface area contributed by atoms with Gasteiger partial charge in [0, 0.05) is 26.6 Å². The average molecular weight is 347 g/mol. The minimum Gasteiger partial charge on any atom is -0.356 e. The molecular formula is C19H21N7. The third-order valence-corrected chi connectivity index (χ3v) is 5.34. The van der Waals surface area contributed by atoms with E-state index in [1.165, 1.54) is 0 Å². The lowest BCUT2D eigenvalue weighted by Gasteiger charge is -2.32. The summed E-state index contributed by atoms with van der Waals surface area (Å²) in [6.07, 6.45) is 6.80. The van der Waals surface area contributed by atoms with E-state index in [-0.39, 0.29) is 0 Å². The molecule has 0 spiro atoms. The Hall–Kier alpha value is -2.96. The van der Waals surface area contributed by atoms with Crippen molar-refractivity contribution < 1.29 is 0 Å². The number of para-hydroxylation sites is 2. The number of H-pyrrole nitrogens is 1. The van der Waals surface area contributed by atoms with E-state index in [1.54, 1.807) is 11.0 Å². The highest BCUT2D eigenvalue weighted by Gasteiger charge is 2.23. The number of fused-ring (bicyclic) bond motifs is 2. The Morgan fingerprint density at radius 2 is 2.00 bits per heavy atom. The van der Waals surface area contributed by atoms with Gasteiger partial charge in [0.05, 0.1) is 22.6 Å². The predicted molar refractivity (Wildman–Crippen MR) is 101 cm³/mol. The number of hydrogen-bond donors (Lipinski definition) is 1. The van der Waals surface area contributed by atoms with E-state index in [4.69, 9.17) is 4.98 Å². The maximum Gasteiger partial charge on any atom is 0.163 e. The maximum absolute atomic E-state index is 4.73. The van der Waals surface area contributed by atoms with Gasteiger partial charge in [-0.1, -0.05) is 12.1 Å². The van der Waals surface area contributed by atoms with Gasteiger partial charge in [-0.2, -0.15) is 5.10 Å². The number of hydrogen-bond acceptors (Lipinski definition) is 5. The molecular weight excluding hydrogens is 326 g/mol. The van der Waals surface area contributed by atoms with E-state index in [0.717, 1.165) is 66.1 Å². The van der Waals surface area contributed by atoms with Crippen molar-refractivity contribution >= 4 is 27.9 Å². The van der Waals surface area contributed by atoms with Crippen molar-refractivity contribution in [3.63, 3.8) is 0 Å². The molecule has 7 nitrogen and oxygen atoms in total. The average Bonchev–Trinajstić information content (AvgIpc) is 3.25. The molecule has 1 aromatic carbocycles. The highest BCUT2D eigenvalue weighted by atomic mass is 15.3. The summed E-state index contributed by atoms with van der Waals surface area (Å²) in [5.74, 6) is 2.75. The van der Waals surface area contributed by atoms with Gasteiger partial charge < -0.3 is 9.88 Å². The van der Waals surface area contributed by atoms with Crippen molar-refractivity contribution in [1.82, 2.24) is 29.7 Å². The van der Waals surface area contributed by atoms with Crippen LogP contribution < -0.4 is 4.90 Å². The highest BCUT2D eigenvalue weighted by Crippen LogP contribution is 2.28. The van der Waals surface area contributed by atoms with Gasteiger partial charge >= 0.3 is 0 Å². The molecule has 0 radical (unpaired) electrons. The molecule has 132 valence electrons. The zero-order valence-corrected chi connectivity index (χ0v) is 14.8. The second-order valence-corrected chi connectivity index (χ2v) is 7.04. The minimum atomic E-state index is 0.651. The Morgan fingerprint density at radius 3 is 2.85 bits per heavy atom. The zero-order chi connectivity index (χ0) is 17.5. The van der Waals surface area contributed by atoms with Gasteiger partial charge in [0.25, 0.3) is 0 Å². The van der Waals surface area contributed by atoms with Crippen molar-refractivity contribution in [1.29, 1.82) is 0 Å². The van der Waals surface area contributed by atoms with Gasteiger partial charge in [-0.25, -0.2) is 15.0 Å². The van der Waals surface area contributed by atoms with Crippen molar-refractivity contribution in [2.45, 2.75) is 19.3 Å². The van der Waals surface area contributed by atoms with Gasteiger partial charge in [-0.15, -0.1) is 0 Å². The molecule has 0 unspecified atom stereocenters. The lowest BCUT2D eigenvalue weighted by atomic mass is 9.93. The van der Waals surface area contributed by atoms with Gasteiger partial charge in [-0.05, 0) is 30.9 Å². The number of aromatic amines is 1. The van der Waals surface area contributed by atoms with Crippen molar-refractivity contribution in [3.05, 3.63) is 42.6 Å². The van der Waals surface area contributed by atoms with Crippen LogP contribution in [0.15, 0.2) is 36.8 Å². The van der Waals surface area contributed by atoms with Crippen LogP contribution in [0.25, 0.3) is 22.1 Å². The Labute approximate surface area is 151 Å². The third kappa shape index (κ3) is 2.60. The maximum atomic E-state index is 4.73. The van der Waals surface area contributed by atoms with Gasteiger partial charge in [0.2, 0.25) is 0 Å². The number of rotatable bonds is 3. The first-order chi connectivity index (χ1) is 12.8. The summed E-state index contributed by atoms with van der Waals surface area (Å²) in [6, 6.07) is 8.23. The molecule has 0 amide bonds. The highest BCUT2D eigenvalue weighted by molar-refractivity contribution is 5.86. The monoisotopic (exact) mass is 347 g/mol. The lowest BCUT2D eigenvalue weighted by Crippen LogP contribution is -2.35. The second-order valence-electron chi connectivity index (χ2n) is 7.04. The van der Waals surface area contributed by atoms with Crippen LogP contribution in [0.5, 0.6) is 0 Å². The van der Waals surface area contributed by atoms with Crippen LogP contribution in [-0.2, 0) is 13.5 Å². The first-order valence-corrected chi connectivity index (χ1v) is 9.09. The fourth-order valence-corrected chi connectivity index (χ4v) is 3.93. The van der Waals surface area contributed by atoms with Crippen molar-refractivity contribution in [2.24, 2.45) is 13.0 Å². The Morgan fingerprint density at radius 1 is 1.15 bits per heavy atom. The van der Waals surface area contributed by atoms with E-state index in [0.29, 0.717) is 5.92 Å². The van der Waals surface area contributed by atoms with Gasteiger partial charge in [0.15, 0.2) is 5.65 Å². The standard InChI is InChI=1S/C19H21N7/c1-25-18-14(11-22-25)19(21-12-20-18)26-8-6-13(7-9-26)10-17-23-15-4-2-3-5-16(15)24-17/h2-5,11-13H,6-10H2,1H3,(H,23,24). The number of nitrogens with zero attached hydrogens (tertiary/aromatic N) is 6. The van der Waals surface area contributed by atoms with Crippen LogP contribution in [0.4, 0.5) is 5.82 Å². The molecule has 1 aliphatic heterocycles. The number of benzene rings is 1. The van der Waals surface area contributed by atoms with Crippen LogP contribution in [0, 0.1) is 5.92 Å². The van der Waals surface area contributed by atoms with E-state index >= 15 is 0 Å². The molecule has 4 heterocycles. The van der Waals surface area contributed by atoms with Gasteiger partial charge in [0.1, 0.15) is 18.0 Å². The normalized spacial score (nSPS) is 16.0. The molecule has 5 rings (SSSR count). The van der Waals surface area contributed by atoms with Crippen LogP contribution in [0.1, 0.15) is 18.7 Å². The van der Waals surface area contributed by atoms with Crippen molar-refractivity contribution in [2.75, 3.05) is 18.0 Å². The van der Waals surface area contributed by atoms with Crippen molar-refractivity contribution in [3.8, 4) is 0 Å². The summed E-state index contributed by atoms with van der Waals surface area (Å²) in [4.78, 5) is 19.4. The molecule has 26 heavy (non-hydrogen) atoms. The fourth-order valence-electron chi connectivity index (χ4n) is 3.93. The molecule has 3 aromatic heterocycles. The Bertz CT molecular complexity index is 1020. The summed E-state index contributed by atoms with van der Waals surface area (Å²) in [5, 5.41) is 5.35. The molecule has 1 aliphatic rings. The summed E-state index contributed by atoms with van der Waals surface area (Å²) in [7, 11) is 1.92. The van der Waals surface area contributed by atoms with E-state index in [1.807, 2.05) is 25.4 Å². The molecule has 0 atom stereocenters. The summed E-state index contributed by atoms with van der Waals surface area (Å²) < 4.78 is 1.80. The fraction of sp³-hybridized carbons (Fsp3) is 0.368. The molecule has 7 heteroatoms. The molecule has 4 aromatic rings. The van der Waals surface area contributed by atoms with Gasteiger partial charge in [-0.3, -0.25) is 4.68 Å². The SMILES string of the molecule is Cn1ncc2c(N3CCC(Cc4nc5ccccc5[nH]4)CC3)ncnc21. The number of piperidine rings is 1. The number of anilines is 1. The lowest BCUT2D eigenvalue weighted by molar-refractivity contribution is 0.397. The Balaban J connectivity index is 1.29. The topological polar surface area (TPSA) is 75.5 Å². The molecule has 1 fully saturated rings. The second kappa shape index (κ2) is 6.09. The van der Waals surface area contributed by atoms with Crippen LogP contribution in [0.3, 0.4) is 0 Å². The van der Waals surface area contributed by atoms with E-state index < -0.39 is 0 Å². The van der Waals surface area contributed by atoms with Crippen LogP contribution >= 0.6 is 0 Å². The summed E-state index contributed by atoms with van der Waals surface area (Å²) in [5.41, 5.74) is 3.07. The van der Waals surface area contributed by atoms with E-state index in [2.05, 4.69) is 37.1 Å². The minimum absolute atomic E-state index is 0.651.